The van der Waals surface area contributed by atoms with Gasteiger partial charge in [-0.2, -0.15) is 0 Å². The number of carbonyl (C=O) groups excluding carboxylic acids is 1. The van der Waals surface area contributed by atoms with Gasteiger partial charge in [0.2, 0.25) is 0 Å². The molecule has 2 rings (SSSR count). The normalized spacial score (nSPS) is 11.5. The average molecular weight is 314 g/mol. The number of nitrogens with two attached hydrogens (primary N) is 1. The van der Waals surface area contributed by atoms with Gasteiger partial charge in [0, 0.05) is 5.69 Å². The second-order valence-electron chi connectivity index (χ2n) is 4.98. The molecule has 1 atom stereocenters. The van der Waals surface area contributed by atoms with Crippen molar-refractivity contribution >= 4 is 17.6 Å². The number of hydrogen-bond donors (Lipinski definition) is 3. The van der Waals surface area contributed by atoms with Crippen LogP contribution in [0, 0.1) is 0 Å². The SMILES string of the molecule is COc1ccc([C@H](CC(=O)O)NC(=O)c2ccccc2N)cc1. The maximum atomic E-state index is 12.3. The number of ether oxygens (including phenoxy) is 1. The van der Waals surface area contributed by atoms with E-state index in [1.54, 1.807) is 55.6 Å². The van der Waals surface area contributed by atoms with Gasteiger partial charge in [-0.25, -0.2) is 0 Å². The third kappa shape index (κ3) is 4.23. The van der Waals surface area contributed by atoms with E-state index in [1.165, 1.54) is 0 Å². The van der Waals surface area contributed by atoms with Gasteiger partial charge in [-0.1, -0.05) is 24.3 Å². The molecule has 0 heterocycles. The fourth-order valence-corrected chi connectivity index (χ4v) is 2.20. The average Bonchev–Trinajstić information content (AvgIpc) is 2.54. The quantitative estimate of drug-likeness (QED) is 0.710. The molecule has 2 aromatic rings. The Morgan fingerprint density at radius 3 is 2.39 bits per heavy atom. The number of nitrogen functional groups attached to an aromatic ring is 1. The molecule has 0 aliphatic rings. The lowest BCUT2D eigenvalue weighted by Crippen LogP contribution is -2.30. The zero-order chi connectivity index (χ0) is 16.8. The number of nitrogens with one attached hydrogen (secondary N) is 1. The van der Waals surface area contributed by atoms with Crippen molar-refractivity contribution in [1.82, 2.24) is 5.32 Å². The van der Waals surface area contributed by atoms with Gasteiger partial charge in [-0.15, -0.1) is 0 Å². The highest BCUT2D eigenvalue weighted by atomic mass is 16.5. The van der Waals surface area contributed by atoms with Crippen molar-refractivity contribution in [3.05, 3.63) is 59.7 Å². The van der Waals surface area contributed by atoms with Crippen LogP contribution < -0.4 is 15.8 Å². The van der Waals surface area contributed by atoms with E-state index in [1.807, 2.05) is 0 Å². The predicted molar refractivity (Wildman–Crippen MR) is 86.3 cm³/mol. The first-order chi connectivity index (χ1) is 11.0. The number of aliphatic carboxylic acids is 1. The summed E-state index contributed by atoms with van der Waals surface area (Å²) in [6.07, 6.45) is -0.231. The number of benzene rings is 2. The fraction of sp³-hybridized carbons (Fsp3) is 0.176. The van der Waals surface area contributed by atoms with Crippen LogP contribution in [0.15, 0.2) is 48.5 Å². The molecule has 0 bridgehead atoms. The van der Waals surface area contributed by atoms with E-state index in [9.17, 15) is 9.59 Å². The van der Waals surface area contributed by atoms with Crippen LogP contribution in [0.5, 0.6) is 5.75 Å². The van der Waals surface area contributed by atoms with E-state index < -0.39 is 17.9 Å². The number of amides is 1. The molecular formula is C17H18N2O4. The number of carbonyl (C=O) groups is 2. The van der Waals surface area contributed by atoms with Crippen LogP contribution in [-0.4, -0.2) is 24.1 Å². The van der Waals surface area contributed by atoms with Crippen LogP contribution >= 0.6 is 0 Å². The van der Waals surface area contributed by atoms with Crippen molar-refractivity contribution in [2.45, 2.75) is 12.5 Å². The van der Waals surface area contributed by atoms with Crippen molar-refractivity contribution in [1.29, 1.82) is 0 Å². The number of carboxylic acid groups (broad SMARTS) is 1. The van der Waals surface area contributed by atoms with Gasteiger partial charge in [0.25, 0.3) is 5.91 Å². The Morgan fingerprint density at radius 2 is 1.83 bits per heavy atom. The highest BCUT2D eigenvalue weighted by Gasteiger charge is 2.20. The Bertz CT molecular complexity index is 698. The lowest BCUT2D eigenvalue weighted by Gasteiger charge is -2.18. The number of methoxy groups -OCH3 is 1. The molecule has 0 spiro atoms. The molecule has 120 valence electrons. The molecule has 0 saturated heterocycles. The van der Waals surface area contributed by atoms with Gasteiger partial charge in [0.15, 0.2) is 0 Å². The van der Waals surface area contributed by atoms with Gasteiger partial charge in [0.05, 0.1) is 25.1 Å². The summed E-state index contributed by atoms with van der Waals surface area (Å²) in [6.45, 7) is 0. The zero-order valence-corrected chi connectivity index (χ0v) is 12.7. The topological polar surface area (TPSA) is 102 Å². The second kappa shape index (κ2) is 7.31. The molecule has 23 heavy (non-hydrogen) atoms. The number of carboxylic acids is 1. The second-order valence-corrected chi connectivity index (χ2v) is 4.98. The summed E-state index contributed by atoms with van der Waals surface area (Å²) in [5, 5.41) is 11.8. The summed E-state index contributed by atoms with van der Waals surface area (Å²) in [4.78, 5) is 23.4. The molecular weight excluding hydrogens is 296 g/mol. The molecule has 0 fully saturated rings. The molecule has 6 nitrogen and oxygen atoms in total. The molecule has 2 aromatic carbocycles. The fourth-order valence-electron chi connectivity index (χ4n) is 2.20. The third-order valence-electron chi connectivity index (χ3n) is 3.41. The Kier molecular flexibility index (Phi) is 5.19. The standard InChI is InChI=1S/C17H18N2O4/c1-23-12-8-6-11(7-9-12)15(10-16(20)21)19-17(22)13-4-2-3-5-14(13)18/h2-9,15H,10,18H2,1H3,(H,19,22)(H,20,21)/t15-/m0/s1. The highest BCUT2D eigenvalue weighted by molar-refractivity contribution is 5.99. The smallest absolute Gasteiger partial charge is 0.305 e. The molecule has 6 heteroatoms. The lowest BCUT2D eigenvalue weighted by molar-refractivity contribution is -0.137. The number of rotatable bonds is 6. The molecule has 0 aliphatic heterocycles. The summed E-state index contributed by atoms with van der Waals surface area (Å²) in [5.41, 5.74) is 7.12. The number of anilines is 1. The van der Waals surface area contributed by atoms with Gasteiger partial charge < -0.3 is 20.9 Å². The predicted octanol–water partition coefficient (Wildman–Crippen LogP) is 2.22. The zero-order valence-electron chi connectivity index (χ0n) is 12.7. The molecule has 0 radical (unpaired) electrons. The summed E-state index contributed by atoms with van der Waals surface area (Å²) >= 11 is 0. The van der Waals surface area contributed by atoms with Crippen LogP contribution in [0.2, 0.25) is 0 Å². The van der Waals surface area contributed by atoms with Crippen molar-refractivity contribution < 1.29 is 19.4 Å². The van der Waals surface area contributed by atoms with Crippen molar-refractivity contribution in [3.63, 3.8) is 0 Å². The first kappa shape index (κ1) is 16.4. The summed E-state index contributed by atoms with van der Waals surface area (Å²) < 4.78 is 5.08. The largest absolute Gasteiger partial charge is 0.497 e. The van der Waals surface area contributed by atoms with E-state index in [0.717, 1.165) is 0 Å². The van der Waals surface area contributed by atoms with Crippen molar-refractivity contribution in [2.24, 2.45) is 0 Å². The molecule has 0 aliphatic carbocycles. The monoisotopic (exact) mass is 314 g/mol. The van der Waals surface area contributed by atoms with E-state index in [2.05, 4.69) is 5.32 Å². The van der Waals surface area contributed by atoms with Crippen molar-refractivity contribution in [3.8, 4) is 5.75 Å². The Labute approximate surface area is 133 Å². The summed E-state index contributed by atoms with van der Waals surface area (Å²) in [5.74, 6) is -0.765. The van der Waals surface area contributed by atoms with E-state index >= 15 is 0 Å². The van der Waals surface area contributed by atoms with E-state index in [4.69, 9.17) is 15.6 Å². The Balaban J connectivity index is 2.23. The highest BCUT2D eigenvalue weighted by Crippen LogP contribution is 2.21. The summed E-state index contributed by atoms with van der Waals surface area (Å²) in [7, 11) is 1.55. The van der Waals surface area contributed by atoms with Crippen LogP contribution in [0.1, 0.15) is 28.4 Å². The summed E-state index contributed by atoms with van der Waals surface area (Å²) in [6, 6.07) is 12.9. The van der Waals surface area contributed by atoms with Crippen LogP contribution in [0.3, 0.4) is 0 Å². The molecule has 4 N–H and O–H groups in total. The first-order valence-corrected chi connectivity index (χ1v) is 7.02. The number of para-hydroxylation sites is 1. The van der Waals surface area contributed by atoms with Gasteiger partial charge in [-0.3, -0.25) is 9.59 Å². The maximum Gasteiger partial charge on any atom is 0.305 e. The molecule has 0 unspecified atom stereocenters. The minimum atomic E-state index is -1.01. The molecule has 0 saturated carbocycles. The maximum absolute atomic E-state index is 12.3. The van der Waals surface area contributed by atoms with Crippen LogP contribution in [0.4, 0.5) is 5.69 Å². The minimum absolute atomic E-state index is 0.231. The first-order valence-electron chi connectivity index (χ1n) is 7.02. The van der Waals surface area contributed by atoms with E-state index in [0.29, 0.717) is 22.6 Å². The van der Waals surface area contributed by atoms with Crippen LogP contribution in [0.25, 0.3) is 0 Å². The van der Waals surface area contributed by atoms with E-state index in [-0.39, 0.29) is 6.42 Å². The van der Waals surface area contributed by atoms with Gasteiger partial charge in [-0.05, 0) is 29.8 Å². The van der Waals surface area contributed by atoms with Crippen molar-refractivity contribution in [2.75, 3.05) is 12.8 Å². The minimum Gasteiger partial charge on any atom is -0.497 e. The van der Waals surface area contributed by atoms with Gasteiger partial charge in [0.1, 0.15) is 5.75 Å². The lowest BCUT2D eigenvalue weighted by atomic mass is 10.0. The van der Waals surface area contributed by atoms with Crippen LogP contribution in [-0.2, 0) is 4.79 Å². The number of hydrogen-bond acceptors (Lipinski definition) is 4. The molecule has 0 aromatic heterocycles. The van der Waals surface area contributed by atoms with Gasteiger partial charge >= 0.3 is 5.97 Å². The Morgan fingerprint density at radius 1 is 1.17 bits per heavy atom. The third-order valence-corrected chi connectivity index (χ3v) is 3.41. The molecule has 1 amide bonds. The Hall–Kier alpha value is -3.02.